The first-order chi connectivity index (χ1) is 8.92. The quantitative estimate of drug-likeness (QED) is 0.861. The number of halogens is 1. The molecule has 1 aliphatic rings. The molecular weight excluding hydrogens is 265 g/mol. The fourth-order valence-corrected chi connectivity index (χ4v) is 2.79. The van der Waals surface area contributed by atoms with Crippen molar-refractivity contribution in [3.63, 3.8) is 0 Å². The predicted molar refractivity (Wildman–Crippen MR) is 73.5 cm³/mol. The maximum atomic E-state index is 13.4. The van der Waals surface area contributed by atoms with Crippen molar-refractivity contribution in [2.45, 2.75) is 24.3 Å². The van der Waals surface area contributed by atoms with Crippen LogP contribution in [0.5, 0.6) is 0 Å². The molecule has 1 heterocycles. The zero-order valence-electron chi connectivity index (χ0n) is 11.1. The average Bonchev–Trinajstić information content (AvgIpc) is 2.33. The molecule has 5 heteroatoms. The third kappa shape index (κ3) is 3.09. The lowest BCUT2D eigenvalue weighted by molar-refractivity contribution is -0.161. The van der Waals surface area contributed by atoms with E-state index >= 15 is 0 Å². The molecule has 0 radical (unpaired) electrons. The summed E-state index contributed by atoms with van der Waals surface area (Å²) in [7, 11) is 0. The van der Waals surface area contributed by atoms with E-state index in [0.29, 0.717) is 18.0 Å². The van der Waals surface area contributed by atoms with Gasteiger partial charge in [-0.25, -0.2) is 4.39 Å². The lowest BCUT2D eigenvalue weighted by atomic mass is 9.83. The van der Waals surface area contributed by atoms with Gasteiger partial charge in [0.2, 0.25) is 5.91 Å². The summed E-state index contributed by atoms with van der Waals surface area (Å²) in [5.74, 6) is -0.0216. The van der Waals surface area contributed by atoms with E-state index in [1.54, 1.807) is 23.1 Å². The SMILES string of the molecule is CC(C)C1(O)CN(C(=O)CSc2ccccc2F)C1. The highest BCUT2D eigenvalue weighted by Gasteiger charge is 2.45. The summed E-state index contributed by atoms with van der Waals surface area (Å²) in [5, 5.41) is 10.1. The fourth-order valence-electron chi connectivity index (χ4n) is 1.95. The molecule has 0 saturated carbocycles. The van der Waals surface area contributed by atoms with Gasteiger partial charge in [-0.05, 0) is 18.1 Å². The first kappa shape index (κ1) is 14.3. The summed E-state index contributed by atoms with van der Waals surface area (Å²) in [5.41, 5.74) is -0.752. The van der Waals surface area contributed by atoms with Gasteiger partial charge in [0.15, 0.2) is 0 Å². The molecule has 0 atom stereocenters. The van der Waals surface area contributed by atoms with Crippen LogP contribution in [0.15, 0.2) is 29.2 Å². The van der Waals surface area contributed by atoms with Crippen LogP contribution in [-0.4, -0.2) is 40.4 Å². The van der Waals surface area contributed by atoms with Crippen molar-refractivity contribution in [3.05, 3.63) is 30.1 Å². The number of benzene rings is 1. The first-order valence-electron chi connectivity index (χ1n) is 6.30. The lowest BCUT2D eigenvalue weighted by Crippen LogP contribution is -2.66. The minimum atomic E-state index is -0.752. The Hall–Kier alpha value is -1.07. The van der Waals surface area contributed by atoms with Crippen molar-refractivity contribution in [2.24, 2.45) is 5.92 Å². The standard InChI is InChI=1S/C14H18FNO2S/c1-10(2)14(18)8-16(9-14)13(17)7-19-12-6-4-3-5-11(12)15/h3-6,10,18H,7-9H2,1-2H3. The van der Waals surface area contributed by atoms with Gasteiger partial charge in [-0.1, -0.05) is 26.0 Å². The van der Waals surface area contributed by atoms with E-state index in [1.165, 1.54) is 17.8 Å². The monoisotopic (exact) mass is 283 g/mol. The highest BCUT2D eigenvalue weighted by atomic mass is 32.2. The third-order valence-corrected chi connectivity index (χ3v) is 4.58. The van der Waals surface area contributed by atoms with Gasteiger partial charge in [0.25, 0.3) is 0 Å². The molecule has 1 aromatic carbocycles. The second-order valence-corrected chi connectivity index (χ2v) is 6.24. The van der Waals surface area contributed by atoms with Gasteiger partial charge in [-0.2, -0.15) is 0 Å². The fraction of sp³-hybridized carbons (Fsp3) is 0.500. The molecule has 104 valence electrons. The van der Waals surface area contributed by atoms with Gasteiger partial charge in [0.1, 0.15) is 11.4 Å². The number of aliphatic hydroxyl groups is 1. The maximum Gasteiger partial charge on any atom is 0.233 e. The Morgan fingerprint density at radius 1 is 1.47 bits per heavy atom. The van der Waals surface area contributed by atoms with E-state index in [0.717, 1.165) is 0 Å². The smallest absolute Gasteiger partial charge is 0.233 e. The number of carbonyl (C=O) groups excluding carboxylic acids is 1. The predicted octanol–water partition coefficient (Wildman–Crippen LogP) is 2.15. The Morgan fingerprint density at radius 3 is 2.68 bits per heavy atom. The van der Waals surface area contributed by atoms with Crippen LogP contribution < -0.4 is 0 Å². The van der Waals surface area contributed by atoms with Crippen LogP contribution in [0.1, 0.15) is 13.8 Å². The van der Waals surface area contributed by atoms with E-state index in [-0.39, 0.29) is 23.4 Å². The molecule has 1 N–H and O–H groups in total. The maximum absolute atomic E-state index is 13.4. The molecule has 19 heavy (non-hydrogen) atoms. The zero-order valence-corrected chi connectivity index (χ0v) is 11.9. The average molecular weight is 283 g/mol. The van der Waals surface area contributed by atoms with Gasteiger partial charge in [0, 0.05) is 4.90 Å². The van der Waals surface area contributed by atoms with Crippen LogP contribution in [0, 0.1) is 11.7 Å². The molecule has 0 bridgehead atoms. The van der Waals surface area contributed by atoms with Crippen LogP contribution in [0.3, 0.4) is 0 Å². The zero-order chi connectivity index (χ0) is 14.0. The molecular formula is C14H18FNO2S. The van der Waals surface area contributed by atoms with Crippen LogP contribution in [-0.2, 0) is 4.79 Å². The molecule has 0 aliphatic carbocycles. The minimum absolute atomic E-state index is 0.0569. The van der Waals surface area contributed by atoms with Crippen LogP contribution >= 0.6 is 11.8 Å². The molecule has 0 aromatic heterocycles. The number of carbonyl (C=O) groups is 1. The summed E-state index contributed by atoms with van der Waals surface area (Å²) < 4.78 is 13.4. The van der Waals surface area contributed by atoms with E-state index in [2.05, 4.69) is 0 Å². The number of hydrogen-bond donors (Lipinski definition) is 1. The van der Waals surface area contributed by atoms with Crippen LogP contribution in [0.2, 0.25) is 0 Å². The minimum Gasteiger partial charge on any atom is -0.386 e. The molecule has 2 rings (SSSR count). The van der Waals surface area contributed by atoms with E-state index in [9.17, 15) is 14.3 Å². The molecule has 1 aromatic rings. The van der Waals surface area contributed by atoms with Crippen molar-refractivity contribution in [2.75, 3.05) is 18.8 Å². The van der Waals surface area contributed by atoms with Crippen LogP contribution in [0.25, 0.3) is 0 Å². The Balaban J connectivity index is 1.83. The number of rotatable bonds is 4. The third-order valence-electron chi connectivity index (χ3n) is 3.54. The van der Waals surface area contributed by atoms with Crippen molar-refractivity contribution in [3.8, 4) is 0 Å². The van der Waals surface area contributed by atoms with Crippen LogP contribution in [0.4, 0.5) is 4.39 Å². The first-order valence-corrected chi connectivity index (χ1v) is 7.28. The van der Waals surface area contributed by atoms with E-state index < -0.39 is 5.60 Å². The molecule has 0 spiro atoms. The van der Waals surface area contributed by atoms with Gasteiger partial charge < -0.3 is 10.0 Å². The van der Waals surface area contributed by atoms with Gasteiger partial charge in [0.05, 0.1) is 18.8 Å². The summed E-state index contributed by atoms with van der Waals surface area (Å²) in [6.45, 7) is 4.63. The highest BCUT2D eigenvalue weighted by molar-refractivity contribution is 8.00. The number of hydrogen-bond acceptors (Lipinski definition) is 3. The number of nitrogens with zero attached hydrogens (tertiary/aromatic N) is 1. The molecule has 3 nitrogen and oxygen atoms in total. The van der Waals surface area contributed by atoms with Crippen molar-refractivity contribution >= 4 is 17.7 Å². The second-order valence-electron chi connectivity index (χ2n) is 5.23. The summed E-state index contributed by atoms with van der Waals surface area (Å²) >= 11 is 1.19. The summed E-state index contributed by atoms with van der Waals surface area (Å²) in [4.78, 5) is 14.0. The number of likely N-dealkylation sites (tertiary alicyclic amines) is 1. The van der Waals surface area contributed by atoms with Gasteiger partial charge >= 0.3 is 0 Å². The number of β-amino-alcohol motifs (C(OH)–C–C–N with tert-alkyl or cyclic N) is 1. The topological polar surface area (TPSA) is 40.5 Å². The van der Waals surface area contributed by atoms with E-state index in [4.69, 9.17) is 0 Å². The molecule has 1 saturated heterocycles. The summed E-state index contributed by atoms with van der Waals surface area (Å²) in [6, 6.07) is 6.41. The largest absolute Gasteiger partial charge is 0.386 e. The molecule has 0 unspecified atom stereocenters. The molecule has 1 amide bonds. The Morgan fingerprint density at radius 2 is 2.11 bits per heavy atom. The Kier molecular flexibility index (Phi) is 4.16. The Labute approximate surface area is 116 Å². The van der Waals surface area contributed by atoms with Crippen molar-refractivity contribution < 1.29 is 14.3 Å². The number of thioether (sulfide) groups is 1. The van der Waals surface area contributed by atoms with Gasteiger partial charge in [-0.15, -0.1) is 11.8 Å². The van der Waals surface area contributed by atoms with E-state index in [1.807, 2.05) is 13.8 Å². The summed E-state index contributed by atoms with van der Waals surface area (Å²) in [6.07, 6.45) is 0. The Bertz CT molecular complexity index is 472. The van der Waals surface area contributed by atoms with Crippen molar-refractivity contribution in [1.29, 1.82) is 0 Å². The van der Waals surface area contributed by atoms with Gasteiger partial charge in [-0.3, -0.25) is 4.79 Å². The normalized spacial score (nSPS) is 17.4. The van der Waals surface area contributed by atoms with Crippen molar-refractivity contribution in [1.82, 2.24) is 4.90 Å². The second kappa shape index (κ2) is 5.51. The molecule has 1 fully saturated rings. The molecule has 1 aliphatic heterocycles. The highest BCUT2D eigenvalue weighted by Crippen LogP contribution is 2.30. The number of amides is 1. The lowest BCUT2D eigenvalue weighted by Gasteiger charge is -2.49.